The molecule has 1 aromatic heterocycles. The zero-order valence-electron chi connectivity index (χ0n) is 15.8. The quantitative estimate of drug-likeness (QED) is 0.600. The SMILES string of the molecule is COc1ccc(C(=O)N(C)CCc2noc(-c3ccccc3Cl)n2)c(OC)c1. The van der Waals surface area contributed by atoms with Crippen LogP contribution in [-0.2, 0) is 6.42 Å². The Balaban J connectivity index is 1.67. The van der Waals surface area contributed by atoms with Crippen molar-refractivity contribution in [2.45, 2.75) is 6.42 Å². The number of halogens is 1. The van der Waals surface area contributed by atoms with Gasteiger partial charge in [0.05, 0.1) is 30.4 Å². The fraction of sp³-hybridized carbons (Fsp3) is 0.250. The lowest BCUT2D eigenvalue weighted by molar-refractivity contribution is 0.0792. The van der Waals surface area contributed by atoms with Gasteiger partial charge in [-0.1, -0.05) is 28.9 Å². The minimum atomic E-state index is -0.172. The van der Waals surface area contributed by atoms with Gasteiger partial charge in [-0.3, -0.25) is 4.79 Å². The molecule has 7 nitrogen and oxygen atoms in total. The number of hydrogen-bond donors (Lipinski definition) is 0. The average Bonchev–Trinajstić information content (AvgIpc) is 3.20. The van der Waals surface area contributed by atoms with Crippen LogP contribution in [0.1, 0.15) is 16.2 Å². The highest BCUT2D eigenvalue weighted by atomic mass is 35.5. The lowest BCUT2D eigenvalue weighted by Gasteiger charge is -2.18. The number of aromatic nitrogens is 2. The number of hydrogen-bond acceptors (Lipinski definition) is 6. The van der Waals surface area contributed by atoms with E-state index in [0.717, 1.165) is 0 Å². The molecule has 0 N–H and O–H groups in total. The number of likely N-dealkylation sites (N-methyl/N-ethyl adjacent to an activating group) is 1. The number of amides is 1. The van der Waals surface area contributed by atoms with Gasteiger partial charge >= 0.3 is 0 Å². The smallest absolute Gasteiger partial charge is 0.259 e. The van der Waals surface area contributed by atoms with Crippen molar-refractivity contribution in [3.8, 4) is 23.0 Å². The van der Waals surface area contributed by atoms with E-state index in [0.29, 0.717) is 52.3 Å². The van der Waals surface area contributed by atoms with E-state index in [1.807, 2.05) is 18.2 Å². The molecule has 146 valence electrons. The molecule has 0 fully saturated rings. The second kappa shape index (κ2) is 8.75. The number of benzene rings is 2. The summed E-state index contributed by atoms with van der Waals surface area (Å²) in [6, 6.07) is 12.3. The van der Waals surface area contributed by atoms with Crippen molar-refractivity contribution < 1.29 is 18.8 Å². The summed E-state index contributed by atoms with van der Waals surface area (Å²) >= 11 is 6.15. The Morgan fingerprint density at radius 3 is 2.68 bits per heavy atom. The molecule has 0 unspecified atom stereocenters. The first kappa shape index (κ1) is 19.7. The molecule has 0 saturated heterocycles. The molecule has 0 radical (unpaired) electrons. The Bertz CT molecular complexity index is 974. The monoisotopic (exact) mass is 401 g/mol. The molecule has 0 saturated carbocycles. The van der Waals surface area contributed by atoms with Gasteiger partial charge in [0, 0.05) is 26.1 Å². The molecule has 0 bridgehead atoms. The molecule has 0 aliphatic heterocycles. The number of ether oxygens (including phenoxy) is 2. The van der Waals surface area contributed by atoms with Crippen LogP contribution >= 0.6 is 11.6 Å². The van der Waals surface area contributed by atoms with E-state index in [9.17, 15) is 4.79 Å². The highest BCUT2D eigenvalue weighted by Crippen LogP contribution is 2.27. The molecule has 0 atom stereocenters. The van der Waals surface area contributed by atoms with Crippen LogP contribution in [0.15, 0.2) is 47.0 Å². The molecule has 1 amide bonds. The number of carbonyl (C=O) groups excluding carboxylic acids is 1. The second-order valence-electron chi connectivity index (χ2n) is 6.04. The van der Waals surface area contributed by atoms with Crippen LogP contribution in [-0.4, -0.2) is 48.8 Å². The Hall–Kier alpha value is -3.06. The summed E-state index contributed by atoms with van der Waals surface area (Å²) in [5.41, 5.74) is 1.13. The first-order valence-electron chi connectivity index (χ1n) is 8.58. The predicted octanol–water partition coefficient (Wildman–Crippen LogP) is 3.72. The molecule has 0 spiro atoms. The third-order valence-corrected chi connectivity index (χ3v) is 4.56. The summed E-state index contributed by atoms with van der Waals surface area (Å²) in [7, 11) is 4.78. The molecule has 0 aliphatic rings. The van der Waals surface area contributed by atoms with Crippen LogP contribution in [0.2, 0.25) is 5.02 Å². The van der Waals surface area contributed by atoms with Gasteiger partial charge in [-0.05, 0) is 24.3 Å². The molecular formula is C20H20ClN3O4. The summed E-state index contributed by atoms with van der Waals surface area (Å²) in [5.74, 6) is 1.75. The van der Waals surface area contributed by atoms with Crippen LogP contribution in [0.5, 0.6) is 11.5 Å². The Labute approximate surface area is 167 Å². The number of nitrogens with zero attached hydrogens (tertiary/aromatic N) is 3. The van der Waals surface area contributed by atoms with Crippen LogP contribution in [0.25, 0.3) is 11.5 Å². The fourth-order valence-electron chi connectivity index (χ4n) is 2.65. The van der Waals surface area contributed by atoms with E-state index < -0.39 is 0 Å². The maximum absolute atomic E-state index is 12.7. The second-order valence-corrected chi connectivity index (χ2v) is 6.45. The summed E-state index contributed by atoms with van der Waals surface area (Å²) in [6.07, 6.45) is 0.439. The van der Waals surface area contributed by atoms with Crippen molar-refractivity contribution in [1.82, 2.24) is 15.0 Å². The highest BCUT2D eigenvalue weighted by Gasteiger charge is 2.18. The first-order valence-corrected chi connectivity index (χ1v) is 8.96. The average molecular weight is 402 g/mol. The van der Waals surface area contributed by atoms with Crippen LogP contribution < -0.4 is 9.47 Å². The van der Waals surface area contributed by atoms with Crippen molar-refractivity contribution in [2.24, 2.45) is 0 Å². The first-order chi connectivity index (χ1) is 13.5. The Morgan fingerprint density at radius 2 is 1.96 bits per heavy atom. The third-order valence-electron chi connectivity index (χ3n) is 4.23. The highest BCUT2D eigenvalue weighted by molar-refractivity contribution is 6.33. The number of rotatable bonds is 7. The summed E-state index contributed by atoms with van der Waals surface area (Å²) in [6.45, 7) is 0.412. The summed E-state index contributed by atoms with van der Waals surface area (Å²) < 4.78 is 15.8. The standard InChI is InChI=1S/C20H20ClN3O4/c1-24(20(25)15-9-8-13(26-2)12-17(15)27-3)11-10-18-22-19(28-23-18)14-6-4-5-7-16(14)21/h4-9,12H,10-11H2,1-3H3. The lowest BCUT2D eigenvalue weighted by Crippen LogP contribution is -2.29. The Morgan fingerprint density at radius 1 is 1.18 bits per heavy atom. The Kier molecular flexibility index (Phi) is 6.16. The van der Waals surface area contributed by atoms with E-state index in [4.69, 9.17) is 25.6 Å². The van der Waals surface area contributed by atoms with Gasteiger partial charge in [0.25, 0.3) is 11.8 Å². The maximum Gasteiger partial charge on any atom is 0.259 e. The minimum Gasteiger partial charge on any atom is -0.497 e. The molecular weight excluding hydrogens is 382 g/mol. The fourth-order valence-corrected chi connectivity index (χ4v) is 2.87. The van der Waals surface area contributed by atoms with Crippen molar-refractivity contribution >= 4 is 17.5 Å². The van der Waals surface area contributed by atoms with E-state index >= 15 is 0 Å². The predicted molar refractivity (Wildman–Crippen MR) is 105 cm³/mol. The zero-order chi connectivity index (χ0) is 20.1. The molecule has 1 heterocycles. The number of carbonyl (C=O) groups is 1. The summed E-state index contributed by atoms with van der Waals surface area (Å²) in [5, 5.41) is 4.51. The molecule has 3 rings (SSSR count). The van der Waals surface area contributed by atoms with Crippen molar-refractivity contribution in [3.63, 3.8) is 0 Å². The van der Waals surface area contributed by atoms with Crippen LogP contribution in [0.3, 0.4) is 0 Å². The van der Waals surface area contributed by atoms with Crippen molar-refractivity contribution in [1.29, 1.82) is 0 Å². The zero-order valence-corrected chi connectivity index (χ0v) is 16.6. The van der Waals surface area contributed by atoms with E-state index in [2.05, 4.69) is 10.1 Å². The van der Waals surface area contributed by atoms with Crippen LogP contribution in [0.4, 0.5) is 0 Å². The molecule has 8 heteroatoms. The van der Waals surface area contributed by atoms with Crippen molar-refractivity contribution in [3.05, 3.63) is 58.9 Å². The van der Waals surface area contributed by atoms with Gasteiger partial charge in [0.15, 0.2) is 5.82 Å². The maximum atomic E-state index is 12.7. The van der Waals surface area contributed by atoms with Crippen molar-refractivity contribution in [2.75, 3.05) is 27.8 Å². The van der Waals surface area contributed by atoms with E-state index in [-0.39, 0.29) is 5.91 Å². The van der Waals surface area contributed by atoms with Gasteiger partial charge in [-0.15, -0.1) is 0 Å². The van der Waals surface area contributed by atoms with E-state index in [1.165, 1.54) is 7.11 Å². The largest absolute Gasteiger partial charge is 0.497 e. The molecule has 3 aromatic rings. The van der Waals surface area contributed by atoms with Gasteiger partial charge in [-0.25, -0.2) is 0 Å². The van der Waals surface area contributed by atoms with Gasteiger partial charge < -0.3 is 18.9 Å². The minimum absolute atomic E-state index is 0.172. The lowest BCUT2D eigenvalue weighted by atomic mass is 10.1. The van der Waals surface area contributed by atoms with E-state index in [1.54, 1.807) is 43.3 Å². The molecule has 2 aromatic carbocycles. The van der Waals surface area contributed by atoms with Crippen LogP contribution in [0, 0.1) is 0 Å². The summed E-state index contributed by atoms with van der Waals surface area (Å²) in [4.78, 5) is 18.7. The van der Waals surface area contributed by atoms with Gasteiger partial charge in [0.2, 0.25) is 0 Å². The number of methoxy groups -OCH3 is 2. The van der Waals surface area contributed by atoms with Gasteiger partial charge in [-0.2, -0.15) is 4.98 Å². The normalized spacial score (nSPS) is 10.6. The van der Waals surface area contributed by atoms with Gasteiger partial charge in [0.1, 0.15) is 11.5 Å². The third kappa shape index (κ3) is 4.26. The molecule has 28 heavy (non-hydrogen) atoms. The topological polar surface area (TPSA) is 77.7 Å². The molecule has 0 aliphatic carbocycles.